The third-order valence-corrected chi connectivity index (χ3v) is 4.77. The maximum absolute atomic E-state index is 11.4. The first-order valence-corrected chi connectivity index (χ1v) is 8.21. The molecule has 0 aromatic heterocycles. The van der Waals surface area contributed by atoms with E-state index in [-0.39, 0.29) is 11.9 Å². The van der Waals surface area contributed by atoms with Gasteiger partial charge in [0.25, 0.3) is 0 Å². The van der Waals surface area contributed by atoms with Gasteiger partial charge in [-0.3, -0.25) is 4.79 Å². The summed E-state index contributed by atoms with van der Waals surface area (Å²) < 4.78 is 0. The molecule has 5 nitrogen and oxygen atoms in total. The molecule has 3 fully saturated rings. The predicted molar refractivity (Wildman–Crippen MR) is 79.4 cm³/mol. The molecule has 5 heteroatoms. The van der Waals surface area contributed by atoms with Crippen LogP contribution in [0.3, 0.4) is 0 Å². The molecule has 0 aromatic carbocycles. The Kier molecular flexibility index (Phi) is 4.58. The van der Waals surface area contributed by atoms with Crippen LogP contribution in [0.1, 0.15) is 32.1 Å². The summed E-state index contributed by atoms with van der Waals surface area (Å²) in [4.78, 5) is 16.5. The molecule has 0 spiro atoms. The summed E-state index contributed by atoms with van der Waals surface area (Å²) in [6.45, 7) is 6.95. The van der Waals surface area contributed by atoms with Crippen LogP contribution in [0.25, 0.3) is 0 Å². The van der Waals surface area contributed by atoms with Gasteiger partial charge in [0.15, 0.2) is 0 Å². The Morgan fingerprint density at radius 1 is 1.10 bits per heavy atom. The van der Waals surface area contributed by atoms with E-state index in [1.807, 2.05) is 0 Å². The van der Waals surface area contributed by atoms with E-state index in [0.717, 1.165) is 32.0 Å². The minimum atomic E-state index is -0.190. The molecule has 1 heterocycles. The Morgan fingerprint density at radius 3 is 2.30 bits per heavy atom. The molecule has 1 amide bonds. The van der Waals surface area contributed by atoms with Crippen LogP contribution >= 0.6 is 0 Å². The summed E-state index contributed by atoms with van der Waals surface area (Å²) in [7, 11) is 0. The van der Waals surface area contributed by atoms with Crippen molar-refractivity contribution in [1.29, 1.82) is 0 Å². The van der Waals surface area contributed by atoms with Crippen LogP contribution in [0.4, 0.5) is 0 Å². The van der Waals surface area contributed by atoms with Gasteiger partial charge in [0.2, 0.25) is 5.91 Å². The molecule has 1 unspecified atom stereocenters. The molecule has 0 bridgehead atoms. The minimum Gasteiger partial charge on any atom is -0.368 e. The molecule has 114 valence electrons. The molecule has 2 aliphatic carbocycles. The van der Waals surface area contributed by atoms with Gasteiger partial charge in [0.1, 0.15) is 0 Å². The number of carbonyl (C=O) groups excluding carboxylic acids is 1. The second kappa shape index (κ2) is 6.41. The number of carbonyl (C=O) groups is 1. The summed E-state index contributed by atoms with van der Waals surface area (Å²) in [5.41, 5.74) is 5.48. The lowest BCUT2D eigenvalue weighted by Gasteiger charge is -2.35. The van der Waals surface area contributed by atoms with Crippen LogP contribution in [0.2, 0.25) is 0 Å². The van der Waals surface area contributed by atoms with Gasteiger partial charge < -0.3 is 20.9 Å². The molecule has 3 N–H and O–H groups in total. The van der Waals surface area contributed by atoms with Crippen molar-refractivity contribution >= 4 is 5.91 Å². The van der Waals surface area contributed by atoms with Crippen LogP contribution in [-0.4, -0.2) is 67.1 Å². The van der Waals surface area contributed by atoms with Crippen molar-refractivity contribution in [2.75, 3.05) is 39.3 Å². The molecule has 1 atom stereocenters. The van der Waals surface area contributed by atoms with Crippen molar-refractivity contribution in [3.63, 3.8) is 0 Å². The Balaban J connectivity index is 1.34. The number of rotatable bonds is 8. The summed E-state index contributed by atoms with van der Waals surface area (Å²) in [6.07, 6.45) is 6.13. The molecule has 0 aromatic rings. The van der Waals surface area contributed by atoms with E-state index >= 15 is 0 Å². The smallest absolute Gasteiger partial charge is 0.234 e. The van der Waals surface area contributed by atoms with E-state index in [1.165, 1.54) is 45.3 Å². The van der Waals surface area contributed by atoms with Gasteiger partial charge in [-0.2, -0.15) is 0 Å². The van der Waals surface area contributed by atoms with E-state index in [0.29, 0.717) is 6.04 Å². The monoisotopic (exact) mass is 280 g/mol. The van der Waals surface area contributed by atoms with Gasteiger partial charge in [0, 0.05) is 45.3 Å². The lowest BCUT2D eigenvalue weighted by atomic mass is 10.1. The number of hydrogen-bond donors (Lipinski definition) is 2. The highest BCUT2D eigenvalue weighted by Gasteiger charge is 2.29. The zero-order valence-electron chi connectivity index (χ0n) is 12.4. The van der Waals surface area contributed by atoms with Crippen LogP contribution in [0.15, 0.2) is 0 Å². The predicted octanol–water partition coefficient (Wildman–Crippen LogP) is 0.0100. The molecule has 1 aliphatic heterocycles. The number of nitrogens with zero attached hydrogens (tertiary/aromatic N) is 2. The number of nitrogens with two attached hydrogens (primary N) is 1. The number of piperazine rings is 1. The van der Waals surface area contributed by atoms with E-state index in [2.05, 4.69) is 15.1 Å². The van der Waals surface area contributed by atoms with E-state index in [9.17, 15) is 4.79 Å². The van der Waals surface area contributed by atoms with Gasteiger partial charge >= 0.3 is 0 Å². The lowest BCUT2D eigenvalue weighted by molar-refractivity contribution is -0.120. The highest BCUT2D eigenvalue weighted by atomic mass is 16.1. The number of amides is 1. The second-order valence-electron chi connectivity index (χ2n) is 6.77. The number of hydrogen-bond acceptors (Lipinski definition) is 4. The third kappa shape index (κ3) is 4.43. The van der Waals surface area contributed by atoms with Crippen molar-refractivity contribution in [2.45, 2.75) is 44.2 Å². The van der Waals surface area contributed by atoms with Crippen LogP contribution in [-0.2, 0) is 4.79 Å². The molecular weight excluding hydrogens is 252 g/mol. The van der Waals surface area contributed by atoms with Crippen LogP contribution in [0.5, 0.6) is 0 Å². The summed E-state index contributed by atoms with van der Waals surface area (Å²) >= 11 is 0. The Morgan fingerprint density at radius 2 is 1.75 bits per heavy atom. The normalized spacial score (nSPS) is 26.6. The van der Waals surface area contributed by atoms with Crippen molar-refractivity contribution < 1.29 is 4.79 Å². The average molecular weight is 280 g/mol. The van der Waals surface area contributed by atoms with Crippen molar-refractivity contribution in [3.05, 3.63) is 0 Å². The standard InChI is InChI=1S/C15H28N4O/c16-15(20)14(17-13-3-4-13)5-6-18-7-9-19(10-8-18)11-12-1-2-12/h12-14,17H,1-11H2,(H2,16,20). The molecule has 1 saturated heterocycles. The highest BCUT2D eigenvalue weighted by molar-refractivity contribution is 5.79. The quantitative estimate of drug-likeness (QED) is 0.657. The van der Waals surface area contributed by atoms with Crippen molar-refractivity contribution in [2.24, 2.45) is 11.7 Å². The fraction of sp³-hybridized carbons (Fsp3) is 0.933. The van der Waals surface area contributed by atoms with Crippen molar-refractivity contribution in [3.8, 4) is 0 Å². The first-order chi connectivity index (χ1) is 9.70. The summed E-state index contributed by atoms with van der Waals surface area (Å²) in [5, 5.41) is 3.36. The maximum atomic E-state index is 11.4. The summed E-state index contributed by atoms with van der Waals surface area (Å²) in [5.74, 6) is 0.799. The average Bonchev–Trinajstić information content (AvgIpc) is 3.31. The lowest BCUT2D eigenvalue weighted by Crippen LogP contribution is -2.49. The third-order valence-electron chi connectivity index (χ3n) is 4.77. The fourth-order valence-electron chi connectivity index (χ4n) is 3.01. The summed E-state index contributed by atoms with van der Waals surface area (Å²) in [6, 6.07) is 0.412. The molecule has 20 heavy (non-hydrogen) atoms. The van der Waals surface area contributed by atoms with Crippen molar-refractivity contribution in [1.82, 2.24) is 15.1 Å². The molecule has 2 saturated carbocycles. The van der Waals surface area contributed by atoms with E-state index < -0.39 is 0 Å². The second-order valence-corrected chi connectivity index (χ2v) is 6.77. The largest absolute Gasteiger partial charge is 0.368 e. The van der Waals surface area contributed by atoms with Gasteiger partial charge in [-0.15, -0.1) is 0 Å². The topological polar surface area (TPSA) is 61.6 Å². The Hall–Kier alpha value is -0.650. The van der Waals surface area contributed by atoms with Gasteiger partial charge in [0.05, 0.1) is 6.04 Å². The first kappa shape index (κ1) is 14.3. The SMILES string of the molecule is NC(=O)C(CCN1CCN(CC2CC2)CC1)NC1CC1. The van der Waals surface area contributed by atoms with E-state index in [4.69, 9.17) is 5.73 Å². The Bertz CT molecular complexity index is 333. The molecular formula is C15H28N4O. The zero-order valence-corrected chi connectivity index (χ0v) is 12.4. The first-order valence-electron chi connectivity index (χ1n) is 8.21. The molecule has 3 rings (SSSR count). The maximum Gasteiger partial charge on any atom is 0.234 e. The zero-order chi connectivity index (χ0) is 13.9. The van der Waals surface area contributed by atoms with Gasteiger partial charge in [-0.25, -0.2) is 0 Å². The number of primary amides is 1. The van der Waals surface area contributed by atoms with Crippen LogP contribution in [0, 0.1) is 5.92 Å². The Labute approximate surface area is 121 Å². The van der Waals surface area contributed by atoms with Gasteiger partial charge in [-0.1, -0.05) is 0 Å². The van der Waals surface area contributed by atoms with Crippen LogP contribution < -0.4 is 11.1 Å². The number of nitrogens with one attached hydrogen (secondary N) is 1. The van der Waals surface area contributed by atoms with Gasteiger partial charge in [-0.05, 0) is 38.0 Å². The molecule has 0 radical (unpaired) electrons. The van der Waals surface area contributed by atoms with E-state index in [1.54, 1.807) is 0 Å². The fourth-order valence-corrected chi connectivity index (χ4v) is 3.01. The minimum absolute atomic E-state index is 0.132. The highest BCUT2D eigenvalue weighted by Crippen LogP contribution is 2.29. The molecule has 3 aliphatic rings.